The predicted octanol–water partition coefficient (Wildman–Crippen LogP) is -0.225. The van der Waals surface area contributed by atoms with Crippen molar-refractivity contribution in [3.63, 3.8) is 0 Å². The van der Waals surface area contributed by atoms with Crippen LogP contribution in [0.4, 0.5) is 0 Å². The second kappa shape index (κ2) is 1.97. The van der Waals surface area contributed by atoms with Gasteiger partial charge in [-0.25, -0.2) is 0 Å². The van der Waals surface area contributed by atoms with Gasteiger partial charge in [0.05, 0.1) is 0 Å². The van der Waals surface area contributed by atoms with E-state index in [2.05, 4.69) is 0 Å². The Kier molecular flexibility index (Phi) is 1.39. The summed E-state index contributed by atoms with van der Waals surface area (Å²) in [4.78, 5) is 22.3. The third-order valence-electron chi connectivity index (χ3n) is 1.64. The van der Waals surface area contributed by atoms with Crippen molar-refractivity contribution in [1.82, 2.24) is 4.81 Å². The molecule has 0 saturated heterocycles. The molecule has 1 aliphatic rings. The first-order chi connectivity index (χ1) is 4.55. The maximum absolute atomic E-state index is 10.8. The normalized spacial score (nSPS) is 19.2. The third-order valence-corrected chi connectivity index (χ3v) is 1.64. The van der Waals surface area contributed by atoms with Crippen LogP contribution in [0.5, 0.6) is 0 Å². The molecule has 0 saturated carbocycles. The molecule has 2 radical (unpaired) electrons. The van der Waals surface area contributed by atoms with Crippen LogP contribution in [0.25, 0.3) is 0 Å². The first-order valence-corrected chi connectivity index (χ1v) is 2.86. The van der Waals surface area contributed by atoms with Crippen molar-refractivity contribution >= 4 is 19.8 Å². The molecule has 0 aromatic rings. The summed E-state index contributed by atoms with van der Waals surface area (Å²) in [6.07, 6.45) is 0. The monoisotopic (exact) mass is 135 g/mol. The summed E-state index contributed by atoms with van der Waals surface area (Å²) in [7, 11) is 5.10. The first-order valence-electron chi connectivity index (χ1n) is 2.86. The molecule has 50 valence electrons. The third kappa shape index (κ3) is 0.684. The van der Waals surface area contributed by atoms with Crippen LogP contribution in [-0.4, -0.2) is 24.6 Å². The Morgan fingerprint density at radius 1 is 1.10 bits per heavy atom. The van der Waals surface area contributed by atoms with Gasteiger partial charge in [-0.2, -0.15) is 0 Å². The summed E-state index contributed by atoms with van der Waals surface area (Å²) in [5, 5.41) is 0. The minimum atomic E-state index is -0.400. The van der Waals surface area contributed by atoms with Crippen molar-refractivity contribution in [2.24, 2.45) is 0 Å². The van der Waals surface area contributed by atoms with Crippen LogP contribution in [0.1, 0.15) is 13.8 Å². The summed E-state index contributed by atoms with van der Waals surface area (Å²) in [6, 6.07) is 0. The molecule has 4 heteroatoms. The zero-order valence-electron chi connectivity index (χ0n) is 5.84. The average molecular weight is 135 g/mol. The van der Waals surface area contributed by atoms with Gasteiger partial charge in [-0.3, -0.25) is 9.59 Å². The molecule has 1 rings (SSSR count). The fourth-order valence-corrected chi connectivity index (χ4v) is 0.774. The van der Waals surface area contributed by atoms with Crippen molar-refractivity contribution in [3.05, 3.63) is 11.1 Å². The van der Waals surface area contributed by atoms with Crippen molar-refractivity contribution in [2.45, 2.75) is 13.8 Å². The maximum Gasteiger partial charge on any atom is 0.243 e. The molecule has 3 nitrogen and oxygen atoms in total. The van der Waals surface area contributed by atoms with Gasteiger partial charge < -0.3 is 4.81 Å². The minimum absolute atomic E-state index is 0.400. The number of imide groups is 1. The van der Waals surface area contributed by atoms with Crippen molar-refractivity contribution in [1.29, 1.82) is 0 Å². The van der Waals surface area contributed by atoms with Gasteiger partial charge >= 0.3 is 0 Å². The summed E-state index contributed by atoms with van der Waals surface area (Å²) in [5.41, 5.74) is 0.875. The molecular formula is C6H6BNO2. The second-order valence-electron chi connectivity index (χ2n) is 2.23. The van der Waals surface area contributed by atoms with E-state index >= 15 is 0 Å². The minimum Gasteiger partial charge on any atom is -0.333 e. The molecule has 0 spiro atoms. The molecule has 0 aromatic heterocycles. The highest BCUT2D eigenvalue weighted by atomic mass is 16.2. The number of hydrogen-bond donors (Lipinski definition) is 0. The molecule has 0 unspecified atom stereocenters. The summed E-state index contributed by atoms with van der Waals surface area (Å²) in [6.45, 7) is 3.17. The maximum atomic E-state index is 10.8. The number of carbonyl (C=O) groups excluding carboxylic acids is 2. The van der Waals surface area contributed by atoms with Crippen LogP contribution in [0.2, 0.25) is 0 Å². The van der Waals surface area contributed by atoms with Gasteiger partial charge in [-0.15, -0.1) is 0 Å². The standard InChI is InChI=1S/C6H6BNO2/c1-3-4(2)6(10)8(7)5(3)9/h1-2H3. The highest BCUT2D eigenvalue weighted by molar-refractivity contribution is 6.34. The van der Waals surface area contributed by atoms with Crippen LogP contribution >= 0.6 is 0 Å². The van der Waals surface area contributed by atoms with Crippen LogP contribution in [0.3, 0.4) is 0 Å². The number of hydrogen-bond acceptors (Lipinski definition) is 2. The smallest absolute Gasteiger partial charge is 0.243 e. The summed E-state index contributed by atoms with van der Waals surface area (Å²) >= 11 is 0. The van der Waals surface area contributed by atoms with Crippen LogP contribution < -0.4 is 0 Å². The molecule has 0 fully saturated rings. The fourth-order valence-electron chi connectivity index (χ4n) is 0.774. The number of carbonyl (C=O) groups is 2. The largest absolute Gasteiger partial charge is 0.333 e. The summed E-state index contributed by atoms with van der Waals surface area (Å²) in [5.74, 6) is -0.801. The van der Waals surface area contributed by atoms with Gasteiger partial charge in [0.25, 0.3) is 0 Å². The SMILES string of the molecule is [B]N1C(=O)C(C)=C(C)C1=O. The molecule has 1 heterocycles. The highest BCUT2D eigenvalue weighted by Gasteiger charge is 2.28. The van der Waals surface area contributed by atoms with E-state index < -0.39 is 11.8 Å². The number of rotatable bonds is 0. The van der Waals surface area contributed by atoms with Crippen LogP contribution in [0, 0.1) is 0 Å². The quantitative estimate of drug-likeness (QED) is 0.340. The molecule has 1 aliphatic heterocycles. The molecule has 0 aromatic carbocycles. The first kappa shape index (κ1) is 7.06. The van der Waals surface area contributed by atoms with E-state index in [9.17, 15) is 9.59 Å². The Balaban J connectivity index is 3.11. The average Bonchev–Trinajstić information content (AvgIpc) is 2.07. The van der Waals surface area contributed by atoms with Gasteiger partial charge in [0.1, 0.15) is 0 Å². The lowest BCUT2D eigenvalue weighted by atomic mass is 10.2. The van der Waals surface area contributed by atoms with Gasteiger partial charge in [-0.05, 0) is 13.8 Å². The van der Waals surface area contributed by atoms with E-state index in [1.165, 1.54) is 0 Å². The number of nitrogens with zero attached hydrogens (tertiary/aromatic N) is 1. The van der Waals surface area contributed by atoms with E-state index in [1.54, 1.807) is 13.8 Å². The lowest BCUT2D eigenvalue weighted by Gasteiger charge is -2.04. The Morgan fingerprint density at radius 3 is 1.50 bits per heavy atom. The predicted molar refractivity (Wildman–Crippen MR) is 36.0 cm³/mol. The van der Waals surface area contributed by atoms with E-state index in [0.717, 1.165) is 0 Å². The second-order valence-corrected chi connectivity index (χ2v) is 2.23. The Bertz CT molecular complexity index is 220. The van der Waals surface area contributed by atoms with Gasteiger partial charge in [0, 0.05) is 11.1 Å². The van der Waals surface area contributed by atoms with E-state index in [1.807, 2.05) is 0 Å². The zero-order chi connectivity index (χ0) is 7.89. The van der Waals surface area contributed by atoms with E-state index in [-0.39, 0.29) is 0 Å². The van der Waals surface area contributed by atoms with Crippen molar-refractivity contribution in [3.8, 4) is 0 Å². The summed E-state index contributed by atoms with van der Waals surface area (Å²) < 4.78 is 0. The van der Waals surface area contributed by atoms with E-state index in [4.69, 9.17) is 7.98 Å². The number of amides is 2. The lowest BCUT2D eigenvalue weighted by molar-refractivity contribution is -0.131. The van der Waals surface area contributed by atoms with Gasteiger partial charge in [-0.1, -0.05) is 0 Å². The zero-order valence-corrected chi connectivity index (χ0v) is 5.84. The molecule has 10 heavy (non-hydrogen) atoms. The van der Waals surface area contributed by atoms with E-state index in [0.29, 0.717) is 16.0 Å². The van der Waals surface area contributed by atoms with Crippen LogP contribution in [-0.2, 0) is 9.59 Å². The Labute approximate surface area is 60.1 Å². The molecule has 0 bridgehead atoms. The van der Waals surface area contributed by atoms with Gasteiger partial charge in [0.15, 0.2) is 0 Å². The van der Waals surface area contributed by atoms with Crippen molar-refractivity contribution < 1.29 is 9.59 Å². The molecule has 0 N–H and O–H groups in total. The highest BCUT2D eigenvalue weighted by Crippen LogP contribution is 2.16. The lowest BCUT2D eigenvalue weighted by Crippen LogP contribution is -2.28. The fraction of sp³-hybridized carbons (Fsp3) is 0.333. The van der Waals surface area contributed by atoms with Gasteiger partial charge in [0.2, 0.25) is 19.8 Å². The Morgan fingerprint density at radius 2 is 1.40 bits per heavy atom. The topological polar surface area (TPSA) is 37.4 Å². The molecular weight excluding hydrogens is 129 g/mol. The van der Waals surface area contributed by atoms with Crippen molar-refractivity contribution in [2.75, 3.05) is 0 Å². The Hall–Kier alpha value is -1.06. The molecule has 2 amide bonds. The molecule has 0 aliphatic carbocycles. The van der Waals surface area contributed by atoms with Crippen LogP contribution in [0.15, 0.2) is 11.1 Å². The molecule has 0 atom stereocenters.